The van der Waals surface area contributed by atoms with Crippen molar-refractivity contribution in [1.29, 1.82) is 0 Å². The van der Waals surface area contributed by atoms with Crippen LogP contribution in [0.4, 0.5) is 0 Å². The molecule has 0 saturated heterocycles. The average Bonchev–Trinajstić information content (AvgIpc) is 2.86. The molecule has 7 heteroatoms. The summed E-state index contributed by atoms with van der Waals surface area (Å²) >= 11 is 0. The van der Waals surface area contributed by atoms with Gasteiger partial charge in [-0.3, -0.25) is 9.78 Å². The highest BCUT2D eigenvalue weighted by Gasteiger charge is 2.16. The van der Waals surface area contributed by atoms with Gasteiger partial charge in [-0.2, -0.15) is 4.98 Å². The molecule has 0 saturated carbocycles. The highest BCUT2D eigenvalue weighted by atomic mass is 16.5. The summed E-state index contributed by atoms with van der Waals surface area (Å²) in [4.78, 5) is 19.4. The van der Waals surface area contributed by atoms with E-state index in [2.05, 4.69) is 20.4 Å². The van der Waals surface area contributed by atoms with E-state index in [1.807, 2.05) is 0 Å². The molecule has 2 N–H and O–H groups in total. The zero-order valence-corrected chi connectivity index (χ0v) is 9.70. The van der Waals surface area contributed by atoms with Gasteiger partial charge >= 0.3 is 11.8 Å². The second kappa shape index (κ2) is 5.37. The molecule has 2 aromatic heterocycles. The van der Waals surface area contributed by atoms with Crippen LogP contribution in [0.1, 0.15) is 17.6 Å². The van der Waals surface area contributed by atoms with Crippen LogP contribution in [-0.4, -0.2) is 38.8 Å². The number of amides is 1. The first-order valence-electron chi connectivity index (χ1n) is 5.37. The Morgan fingerprint density at radius 1 is 1.61 bits per heavy atom. The molecule has 0 spiro atoms. The van der Waals surface area contributed by atoms with Crippen LogP contribution in [0.15, 0.2) is 29.0 Å². The molecule has 0 aromatic carbocycles. The van der Waals surface area contributed by atoms with E-state index in [-0.39, 0.29) is 12.4 Å². The number of hydrogen-bond acceptors (Lipinski definition) is 6. The zero-order valence-electron chi connectivity index (χ0n) is 9.70. The summed E-state index contributed by atoms with van der Waals surface area (Å²) in [5, 5.41) is 15.2. The number of aromatic nitrogens is 3. The van der Waals surface area contributed by atoms with Crippen molar-refractivity contribution in [2.75, 3.05) is 6.54 Å². The average molecular weight is 248 g/mol. The lowest BCUT2D eigenvalue weighted by molar-refractivity contribution is 0.0880. The van der Waals surface area contributed by atoms with Gasteiger partial charge in [-0.05, 0) is 19.1 Å². The number of aliphatic hydroxyl groups is 1. The molecule has 2 aromatic rings. The maximum Gasteiger partial charge on any atom is 0.316 e. The van der Waals surface area contributed by atoms with Crippen LogP contribution in [0.3, 0.4) is 0 Å². The lowest BCUT2D eigenvalue weighted by atomic mass is 10.3. The van der Waals surface area contributed by atoms with E-state index in [1.165, 1.54) is 0 Å². The van der Waals surface area contributed by atoms with E-state index in [1.54, 1.807) is 31.5 Å². The lowest BCUT2D eigenvalue weighted by Gasteiger charge is -2.03. The minimum Gasteiger partial charge on any atom is -0.392 e. The molecule has 1 atom stereocenters. The molecule has 2 rings (SSSR count). The molecule has 0 aliphatic carbocycles. The minimum absolute atomic E-state index is 0.128. The van der Waals surface area contributed by atoms with Crippen LogP contribution in [0.2, 0.25) is 0 Å². The second-order valence-corrected chi connectivity index (χ2v) is 3.72. The Kier molecular flexibility index (Phi) is 3.63. The van der Waals surface area contributed by atoms with Crippen LogP contribution in [-0.2, 0) is 0 Å². The fourth-order valence-electron chi connectivity index (χ4n) is 1.24. The van der Waals surface area contributed by atoms with Crippen molar-refractivity contribution < 1.29 is 14.4 Å². The largest absolute Gasteiger partial charge is 0.392 e. The zero-order chi connectivity index (χ0) is 13.0. The van der Waals surface area contributed by atoms with Crippen molar-refractivity contribution in [3.05, 3.63) is 30.4 Å². The third-order valence-corrected chi connectivity index (χ3v) is 2.10. The van der Waals surface area contributed by atoms with Gasteiger partial charge in [0.25, 0.3) is 0 Å². The van der Waals surface area contributed by atoms with Crippen molar-refractivity contribution in [1.82, 2.24) is 20.4 Å². The Morgan fingerprint density at radius 3 is 3.11 bits per heavy atom. The topological polar surface area (TPSA) is 101 Å². The predicted molar refractivity (Wildman–Crippen MR) is 61.5 cm³/mol. The second-order valence-electron chi connectivity index (χ2n) is 3.72. The number of hydrogen-bond donors (Lipinski definition) is 2. The van der Waals surface area contributed by atoms with Crippen molar-refractivity contribution >= 4 is 5.91 Å². The number of aliphatic hydroxyl groups excluding tert-OH is 1. The van der Waals surface area contributed by atoms with Crippen LogP contribution in [0.25, 0.3) is 11.4 Å². The van der Waals surface area contributed by atoms with Crippen LogP contribution in [0, 0.1) is 0 Å². The lowest BCUT2D eigenvalue weighted by Crippen LogP contribution is -2.30. The Morgan fingerprint density at radius 2 is 2.44 bits per heavy atom. The number of rotatable bonds is 4. The maximum atomic E-state index is 11.6. The predicted octanol–water partition coefficient (Wildman–Crippen LogP) is 0.242. The van der Waals surface area contributed by atoms with Gasteiger partial charge in [0.2, 0.25) is 5.82 Å². The number of carbonyl (C=O) groups is 1. The Labute approximate surface area is 103 Å². The Balaban J connectivity index is 2.09. The monoisotopic (exact) mass is 248 g/mol. The summed E-state index contributed by atoms with van der Waals surface area (Å²) < 4.78 is 4.83. The molecule has 0 aliphatic heterocycles. The molecule has 0 aliphatic rings. The van der Waals surface area contributed by atoms with Crippen molar-refractivity contribution in [3.63, 3.8) is 0 Å². The van der Waals surface area contributed by atoms with E-state index in [4.69, 9.17) is 9.63 Å². The summed E-state index contributed by atoms with van der Waals surface area (Å²) in [5.41, 5.74) is 0.663. The third-order valence-electron chi connectivity index (χ3n) is 2.10. The Bertz CT molecular complexity index is 524. The van der Waals surface area contributed by atoms with Crippen molar-refractivity contribution in [2.45, 2.75) is 13.0 Å². The van der Waals surface area contributed by atoms with Gasteiger partial charge in [-0.25, -0.2) is 0 Å². The van der Waals surface area contributed by atoms with Gasteiger partial charge < -0.3 is 14.9 Å². The van der Waals surface area contributed by atoms with Crippen molar-refractivity contribution in [2.24, 2.45) is 0 Å². The molecule has 18 heavy (non-hydrogen) atoms. The number of carbonyl (C=O) groups excluding carboxylic acids is 1. The smallest absolute Gasteiger partial charge is 0.316 e. The highest BCUT2D eigenvalue weighted by Crippen LogP contribution is 2.13. The maximum absolute atomic E-state index is 11.6. The van der Waals surface area contributed by atoms with E-state index in [9.17, 15) is 4.79 Å². The number of pyridine rings is 1. The molecular formula is C11H12N4O3. The SMILES string of the molecule is CC(O)CNC(=O)c1nc(-c2cccnc2)no1. The van der Waals surface area contributed by atoms with E-state index in [0.717, 1.165) is 0 Å². The first kappa shape index (κ1) is 12.2. The molecule has 2 heterocycles. The molecule has 0 radical (unpaired) electrons. The summed E-state index contributed by atoms with van der Waals surface area (Å²) in [7, 11) is 0. The quantitative estimate of drug-likeness (QED) is 0.803. The third kappa shape index (κ3) is 2.89. The van der Waals surface area contributed by atoms with Gasteiger partial charge in [-0.15, -0.1) is 0 Å². The van der Waals surface area contributed by atoms with Crippen molar-refractivity contribution in [3.8, 4) is 11.4 Å². The van der Waals surface area contributed by atoms with Gasteiger partial charge in [0, 0.05) is 24.5 Å². The molecule has 94 valence electrons. The Hall–Kier alpha value is -2.28. The molecule has 7 nitrogen and oxygen atoms in total. The fraction of sp³-hybridized carbons (Fsp3) is 0.273. The van der Waals surface area contributed by atoms with Crippen LogP contribution < -0.4 is 5.32 Å². The molecule has 0 fully saturated rings. The van der Waals surface area contributed by atoms with Gasteiger partial charge in [0.15, 0.2) is 0 Å². The van der Waals surface area contributed by atoms with E-state index < -0.39 is 12.0 Å². The van der Waals surface area contributed by atoms with Crippen LogP contribution in [0.5, 0.6) is 0 Å². The number of nitrogens with zero attached hydrogens (tertiary/aromatic N) is 3. The molecular weight excluding hydrogens is 236 g/mol. The number of nitrogens with one attached hydrogen (secondary N) is 1. The highest BCUT2D eigenvalue weighted by molar-refractivity contribution is 5.89. The van der Waals surface area contributed by atoms with E-state index >= 15 is 0 Å². The van der Waals surface area contributed by atoms with Gasteiger partial charge in [0.1, 0.15) is 0 Å². The summed E-state index contributed by atoms with van der Waals surface area (Å²) in [6.07, 6.45) is 2.57. The fourth-order valence-corrected chi connectivity index (χ4v) is 1.24. The van der Waals surface area contributed by atoms with E-state index in [0.29, 0.717) is 11.4 Å². The summed E-state index contributed by atoms with van der Waals surface area (Å²) in [5.74, 6) is -0.363. The molecule has 0 bridgehead atoms. The first-order valence-corrected chi connectivity index (χ1v) is 5.37. The standard InChI is InChI=1S/C11H12N4O3/c1-7(16)5-13-10(17)11-14-9(15-18-11)8-3-2-4-12-6-8/h2-4,6-7,16H,5H2,1H3,(H,13,17). The van der Waals surface area contributed by atoms with Crippen LogP contribution >= 0.6 is 0 Å². The molecule has 1 unspecified atom stereocenters. The minimum atomic E-state index is -0.630. The van der Waals surface area contributed by atoms with Gasteiger partial charge in [-0.1, -0.05) is 5.16 Å². The molecule has 1 amide bonds. The normalized spacial score (nSPS) is 12.1. The summed E-state index contributed by atoms with van der Waals surface area (Å²) in [6, 6.07) is 3.49. The summed E-state index contributed by atoms with van der Waals surface area (Å²) in [6.45, 7) is 1.69. The first-order chi connectivity index (χ1) is 8.66. The van der Waals surface area contributed by atoms with Gasteiger partial charge in [0.05, 0.1) is 6.10 Å².